The predicted octanol–water partition coefficient (Wildman–Crippen LogP) is 2.99. The lowest BCUT2D eigenvalue weighted by molar-refractivity contribution is -0.138. The summed E-state index contributed by atoms with van der Waals surface area (Å²) in [5.41, 5.74) is -0.441. The lowest BCUT2D eigenvalue weighted by atomic mass is 10.0. The molecule has 1 fully saturated rings. The van der Waals surface area contributed by atoms with Gasteiger partial charge in [0.2, 0.25) is 0 Å². The van der Waals surface area contributed by atoms with Crippen molar-refractivity contribution in [2.24, 2.45) is 0 Å². The smallest absolute Gasteiger partial charge is 0.348 e. The molecule has 0 bridgehead atoms. The molecule has 1 aliphatic carbocycles. The largest absolute Gasteiger partial charge is 0.416 e. The lowest BCUT2D eigenvalue weighted by Gasteiger charge is -2.12. The number of rotatable bonds is 3. The molecule has 0 unspecified atom stereocenters. The molecular formula is C17H15F3N2O2. The van der Waals surface area contributed by atoms with Crippen molar-refractivity contribution in [3.05, 3.63) is 69.1 Å². The number of carbonyl (C=O) groups is 1. The molecular weight excluding hydrogens is 321 g/mol. The number of nitrogens with one attached hydrogen (secondary N) is 2. The number of aryl methyl sites for hydroxylation is 1. The highest BCUT2D eigenvalue weighted by atomic mass is 19.4. The molecule has 1 saturated carbocycles. The summed E-state index contributed by atoms with van der Waals surface area (Å²) in [7, 11) is 0. The van der Waals surface area contributed by atoms with Gasteiger partial charge in [-0.25, -0.2) is 0 Å². The van der Waals surface area contributed by atoms with E-state index >= 15 is 0 Å². The third kappa shape index (κ3) is 3.20. The van der Waals surface area contributed by atoms with Crippen LogP contribution in [0.15, 0.2) is 41.2 Å². The van der Waals surface area contributed by atoms with Gasteiger partial charge in [-0.15, -0.1) is 0 Å². The molecule has 0 aliphatic heterocycles. The van der Waals surface area contributed by atoms with Crippen LogP contribution >= 0.6 is 0 Å². The Bertz CT molecular complexity index is 842. The van der Waals surface area contributed by atoms with E-state index in [1.54, 1.807) is 19.1 Å². The Morgan fingerprint density at radius 2 is 1.92 bits per heavy atom. The molecule has 0 saturated heterocycles. The highest BCUT2D eigenvalue weighted by Crippen LogP contribution is 2.46. The van der Waals surface area contributed by atoms with Crippen LogP contribution in [0, 0.1) is 6.92 Å². The summed E-state index contributed by atoms with van der Waals surface area (Å²) in [6.07, 6.45) is -4.01. The maximum Gasteiger partial charge on any atom is 0.416 e. The van der Waals surface area contributed by atoms with Crippen molar-refractivity contribution in [2.45, 2.75) is 31.5 Å². The third-order valence-electron chi connectivity index (χ3n) is 4.07. The molecule has 3 rings (SSSR count). The van der Waals surface area contributed by atoms with E-state index < -0.39 is 35.2 Å². The number of aromatic amines is 1. The van der Waals surface area contributed by atoms with E-state index in [0.717, 1.165) is 6.07 Å². The summed E-state index contributed by atoms with van der Waals surface area (Å²) in [6.45, 7) is 1.69. The van der Waals surface area contributed by atoms with Gasteiger partial charge in [0, 0.05) is 17.7 Å². The molecule has 2 atom stereocenters. The van der Waals surface area contributed by atoms with Crippen LogP contribution in [0.2, 0.25) is 0 Å². The first-order valence-electron chi connectivity index (χ1n) is 7.44. The van der Waals surface area contributed by atoms with Gasteiger partial charge in [0.25, 0.3) is 11.5 Å². The number of H-pyrrole nitrogens is 1. The van der Waals surface area contributed by atoms with Gasteiger partial charge < -0.3 is 10.3 Å². The third-order valence-corrected chi connectivity index (χ3v) is 4.07. The number of aromatic nitrogens is 1. The summed E-state index contributed by atoms with van der Waals surface area (Å²) < 4.78 is 39.1. The number of alkyl halides is 3. The monoisotopic (exact) mass is 336 g/mol. The molecule has 1 aliphatic rings. The van der Waals surface area contributed by atoms with Crippen molar-refractivity contribution in [1.29, 1.82) is 0 Å². The molecule has 1 amide bonds. The molecule has 0 radical (unpaired) electrons. The minimum absolute atomic E-state index is 0.0460. The van der Waals surface area contributed by atoms with Gasteiger partial charge in [-0.2, -0.15) is 13.2 Å². The van der Waals surface area contributed by atoms with Crippen LogP contribution in [0.1, 0.15) is 39.5 Å². The Morgan fingerprint density at radius 1 is 1.21 bits per heavy atom. The fourth-order valence-electron chi connectivity index (χ4n) is 2.77. The first-order chi connectivity index (χ1) is 11.3. The summed E-state index contributed by atoms with van der Waals surface area (Å²) >= 11 is 0. The summed E-state index contributed by atoms with van der Waals surface area (Å²) in [5, 5.41) is 2.63. The van der Waals surface area contributed by atoms with Crippen molar-refractivity contribution in [1.82, 2.24) is 10.3 Å². The minimum atomic E-state index is -4.43. The zero-order valence-corrected chi connectivity index (χ0v) is 12.8. The topological polar surface area (TPSA) is 62.0 Å². The first kappa shape index (κ1) is 16.3. The molecule has 7 heteroatoms. The van der Waals surface area contributed by atoms with Crippen molar-refractivity contribution >= 4 is 5.91 Å². The van der Waals surface area contributed by atoms with Crippen LogP contribution in [0.5, 0.6) is 0 Å². The van der Waals surface area contributed by atoms with Crippen molar-refractivity contribution in [3.8, 4) is 0 Å². The van der Waals surface area contributed by atoms with E-state index in [2.05, 4.69) is 10.3 Å². The molecule has 1 heterocycles. The Balaban J connectivity index is 1.75. The summed E-state index contributed by atoms with van der Waals surface area (Å²) in [6, 6.07) is 7.96. The second-order valence-electron chi connectivity index (χ2n) is 5.89. The SMILES string of the molecule is Cc1ccc(C(=O)N[C@H]2C[C@@H]2c2ccccc2C(F)(F)F)c(=O)[nH]1. The second kappa shape index (κ2) is 5.81. The normalized spacial score (nSPS) is 19.8. The number of halogens is 3. The van der Waals surface area contributed by atoms with E-state index in [4.69, 9.17) is 0 Å². The van der Waals surface area contributed by atoms with Gasteiger partial charge in [0.1, 0.15) is 5.56 Å². The number of pyridine rings is 1. The van der Waals surface area contributed by atoms with Gasteiger partial charge in [0.15, 0.2) is 0 Å². The van der Waals surface area contributed by atoms with E-state index in [1.807, 2.05) is 0 Å². The van der Waals surface area contributed by atoms with Crippen molar-refractivity contribution in [2.75, 3.05) is 0 Å². The van der Waals surface area contributed by atoms with Crippen LogP contribution < -0.4 is 10.9 Å². The van der Waals surface area contributed by atoms with Gasteiger partial charge in [-0.05, 0) is 37.1 Å². The van der Waals surface area contributed by atoms with E-state index in [1.165, 1.54) is 18.2 Å². The average molecular weight is 336 g/mol. The van der Waals surface area contributed by atoms with Gasteiger partial charge in [-0.1, -0.05) is 18.2 Å². The maximum absolute atomic E-state index is 13.0. The van der Waals surface area contributed by atoms with Crippen molar-refractivity contribution < 1.29 is 18.0 Å². The zero-order valence-electron chi connectivity index (χ0n) is 12.8. The van der Waals surface area contributed by atoms with Crippen LogP contribution in [0.4, 0.5) is 13.2 Å². The molecule has 126 valence electrons. The summed E-state index contributed by atoms with van der Waals surface area (Å²) in [4.78, 5) is 26.4. The van der Waals surface area contributed by atoms with Crippen LogP contribution in [-0.4, -0.2) is 16.9 Å². The fraction of sp³-hybridized carbons (Fsp3) is 0.294. The number of benzene rings is 1. The average Bonchev–Trinajstić information content (AvgIpc) is 3.25. The lowest BCUT2D eigenvalue weighted by Crippen LogP contribution is -2.32. The highest BCUT2D eigenvalue weighted by molar-refractivity contribution is 5.94. The van der Waals surface area contributed by atoms with E-state index in [-0.39, 0.29) is 11.1 Å². The number of hydrogen-bond donors (Lipinski definition) is 2. The maximum atomic E-state index is 13.0. The van der Waals surface area contributed by atoms with Gasteiger partial charge >= 0.3 is 6.18 Å². The minimum Gasteiger partial charge on any atom is -0.348 e. The van der Waals surface area contributed by atoms with Gasteiger partial charge in [-0.3, -0.25) is 9.59 Å². The van der Waals surface area contributed by atoms with Crippen LogP contribution in [-0.2, 0) is 6.18 Å². The van der Waals surface area contributed by atoms with Crippen LogP contribution in [0.25, 0.3) is 0 Å². The molecule has 1 aromatic heterocycles. The number of carbonyl (C=O) groups excluding carboxylic acids is 1. The highest BCUT2D eigenvalue weighted by Gasteiger charge is 2.45. The Labute approximate surface area is 135 Å². The standard InChI is InChI=1S/C17H15F3N2O2/c1-9-6-7-11(15(23)21-9)16(24)22-14-8-12(14)10-4-2-3-5-13(10)17(18,19)20/h2-7,12,14H,8H2,1H3,(H,21,23)(H,22,24)/t12-,14+/m1/s1. The van der Waals surface area contributed by atoms with E-state index in [0.29, 0.717) is 12.1 Å². The van der Waals surface area contributed by atoms with E-state index in [9.17, 15) is 22.8 Å². The number of hydrogen-bond acceptors (Lipinski definition) is 2. The summed E-state index contributed by atoms with van der Waals surface area (Å²) in [5.74, 6) is -0.968. The molecule has 24 heavy (non-hydrogen) atoms. The first-order valence-corrected chi connectivity index (χ1v) is 7.44. The molecule has 2 aromatic rings. The molecule has 0 spiro atoms. The van der Waals surface area contributed by atoms with Crippen LogP contribution in [0.3, 0.4) is 0 Å². The van der Waals surface area contributed by atoms with Gasteiger partial charge in [0.05, 0.1) is 5.56 Å². The fourth-order valence-corrected chi connectivity index (χ4v) is 2.77. The molecule has 1 aromatic carbocycles. The number of amides is 1. The molecule has 4 nitrogen and oxygen atoms in total. The quantitative estimate of drug-likeness (QED) is 0.905. The Hall–Kier alpha value is -2.57. The van der Waals surface area contributed by atoms with Crippen molar-refractivity contribution in [3.63, 3.8) is 0 Å². The molecule has 2 N–H and O–H groups in total. The predicted molar refractivity (Wildman–Crippen MR) is 81.9 cm³/mol. The Kier molecular flexibility index (Phi) is 3.95. The second-order valence-corrected chi connectivity index (χ2v) is 5.89. The zero-order chi connectivity index (χ0) is 17.5. The Morgan fingerprint density at radius 3 is 2.58 bits per heavy atom.